The number of anilines is 1. The number of urea groups is 1. The Morgan fingerprint density at radius 3 is 2.45 bits per heavy atom. The number of nitrogens with zero attached hydrogens (tertiary/aromatic N) is 2. The number of carbonyl (C=O) groups excluding carboxylic acids is 1. The minimum Gasteiger partial charge on any atom is -0.543 e. The number of unbranched alkanes of at least 4 members (excludes halogenated alkanes) is 5. The van der Waals surface area contributed by atoms with Gasteiger partial charge in [-0.1, -0.05) is 89.2 Å². The third kappa shape index (κ3) is 13.1. The molecule has 9 nitrogen and oxygen atoms in total. The number of hydrogen-bond donors (Lipinski definition) is 4. The van der Waals surface area contributed by atoms with Gasteiger partial charge in [-0.05, 0) is 93.4 Å². The van der Waals surface area contributed by atoms with Crippen molar-refractivity contribution in [1.82, 2.24) is 15.5 Å². The summed E-state index contributed by atoms with van der Waals surface area (Å²) in [4.78, 5) is 20.2. The topological polar surface area (TPSA) is 107 Å². The smallest absolute Gasteiger partial charge is 0.317 e. The number of fused-ring (bicyclic) bond motifs is 1. The number of oxime groups is 1. The third-order valence-electron chi connectivity index (χ3n) is 10.8. The van der Waals surface area contributed by atoms with Gasteiger partial charge in [0.05, 0.1) is 5.71 Å². The van der Waals surface area contributed by atoms with E-state index < -0.39 is 14.4 Å². The maximum Gasteiger partial charge on any atom is 0.317 e. The fraction of sp³-hybridized carbons (Fsp3) is 0.659. The number of hydrogen-bond acceptors (Lipinski definition) is 7. The molecule has 4 rings (SSSR count). The van der Waals surface area contributed by atoms with Gasteiger partial charge in [0.15, 0.2) is 0 Å². The van der Waals surface area contributed by atoms with E-state index in [0.717, 1.165) is 93.8 Å². The van der Waals surface area contributed by atoms with E-state index in [1.807, 2.05) is 4.90 Å². The Hall–Kier alpha value is -3.08. The zero-order valence-electron chi connectivity index (χ0n) is 32.5. The number of nitrogens with one attached hydrogen (secondary N) is 3. The molecule has 1 heterocycles. The molecule has 0 radical (unpaired) electrons. The lowest BCUT2D eigenvalue weighted by Crippen LogP contribution is -2.47. The van der Waals surface area contributed by atoms with Gasteiger partial charge in [-0.2, -0.15) is 0 Å². The van der Waals surface area contributed by atoms with Crippen molar-refractivity contribution in [2.45, 2.75) is 135 Å². The van der Waals surface area contributed by atoms with E-state index in [2.05, 4.69) is 104 Å². The van der Waals surface area contributed by atoms with Crippen LogP contribution in [0.4, 0.5) is 10.5 Å². The first kappa shape index (κ1) is 40.7. The molecule has 0 aromatic heterocycles. The molecule has 10 heteroatoms. The molecule has 2 aliphatic rings. The van der Waals surface area contributed by atoms with Gasteiger partial charge >= 0.3 is 6.03 Å². The average molecular weight is 722 g/mol. The van der Waals surface area contributed by atoms with E-state index in [1.54, 1.807) is 0 Å². The highest BCUT2D eigenvalue weighted by molar-refractivity contribution is 6.74. The zero-order chi connectivity index (χ0) is 36.7. The second-order valence-corrected chi connectivity index (χ2v) is 20.8. The molecule has 1 saturated heterocycles. The predicted octanol–water partition coefficient (Wildman–Crippen LogP) is 8.27. The molecule has 1 fully saturated rings. The Kier molecular flexibility index (Phi) is 16.1. The van der Waals surface area contributed by atoms with Gasteiger partial charge in [0, 0.05) is 49.0 Å². The van der Waals surface area contributed by atoms with Gasteiger partial charge in [-0.3, -0.25) is 0 Å². The van der Waals surface area contributed by atoms with Gasteiger partial charge in [0.25, 0.3) is 0 Å². The van der Waals surface area contributed by atoms with Crippen molar-refractivity contribution < 1.29 is 19.2 Å². The highest BCUT2D eigenvalue weighted by Gasteiger charge is 2.39. The molecule has 4 N–H and O–H groups in total. The Morgan fingerprint density at radius 2 is 1.73 bits per heavy atom. The van der Waals surface area contributed by atoms with E-state index in [0.29, 0.717) is 12.6 Å². The second-order valence-electron chi connectivity index (χ2n) is 16.0. The van der Waals surface area contributed by atoms with Gasteiger partial charge in [0.2, 0.25) is 8.32 Å². The normalized spacial score (nSPS) is 16.8. The zero-order valence-corrected chi connectivity index (χ0v) is 33.5. The van der Waals surface area contributed by atoms with E-state index in [1.165, 1.54) is 43.2 Å². The van der Waals surface area contributed by atoms with Crippen LogP contribution in [0.25, 0.3) is 0 Å². The lowest BCUT2D eigenvalue weighted by atomic mass is 9.89. The molecule has 2 aromatic rings. The van der Waals surface area contributed by atoms with Crippen LogP contribution >= 0.6 is 0 Å². The minimum atomic E-state index is -1.95. The standard InChI is InChI=1S/C41H67N5O4Si/c1-7-8-9-10-11-12-26-43-40(48)46-28-24-34(25-29-46)44-33-21-19-32(20-22-33)23-27-42-30-35(47)31-49-45-38-17-13-16-37-36(38)15-14-18-39(37)50-51(5,6)41(2,3)4/h14-15,18-22,34-35,42,44,47H,7-13,16-17,23-31H2,1-6H3,(H,43,48)/b45-38-/t35-/m0/s1. The highest BCUT2D eigenvalue weighted by atomic mass is 28.4. The van der Waals surface area contributed by atoms with Crippen molar-refractivity contribution in [3.63, 3.8) is 0 Å². The maximum absolute atomic E-state index is 12.5. The number of likely N-dealkylation sites (tertiary alicyclic amines) is 1. The molecule has 2 amide bonds. The van der Waals surface area contributed by atoms with Crippen LogP contribution < -0.4 is 20.4 Å². The molecule has 51 heavy (non-hydrogen) atoms. The Morgan fingerprint density at radius 1 is 1.00 bits per heavy atom. The van der Waals surface area contributed by atoms with Crippen molar-refractivity contribution in [2.75, 3.05) is 44.6 Å². The van der Waals surface area contributed by atoms with Gasteiger partial charge in [0.1, 0.15) is 18.5 Å². The van der Waals surface area contributed by atoms with E-state index >= 15 is 0 Å². The lowest BCUT2D eigenvalue weighted by Gasteiger charge is -2.37. The summed E-state index contributed by atoms with van der Waals surface area (Å²) in [5.41, 5.74) is 5.63. The quantitative estimate of drug-likeness (QED) is 0.0661. The summed E-state index contributed by atoms with van der Waals surface area (Å²) in [6.45, 7) is 17.3. The molecule has 1 atom stereocenters. The number of amides is 2. The molecule has 0 spiro atoms. The number of aliphatic hydroxyl groups is 1. The molecular weight excluding hydrogens is 655 g/mol. The summed E-state index contributed by atoms with van der Waals surface area (Å²) in [7, 11) is -1.95. The molecule has 284 valence electrons. The Balaban J connectivity index is 1.10. The van der Waals surface area contributed by atoms with Gasteiger partial charge in [-0.15, -0.1) is 0 Å². The average Bonchev–Trinajstić information content (AvgIpc) is 3.10. The summed E-state index contributed by atoms with van der Waals surface area (Å²) in [5.74, 6) is 0.985. The number of carbonyl (C=O) groups is 1. The van der Waals surface area contributed by atoms with Crippen LogP contribution in [0, 0.1) is 0 Å². The second kappa shape index (κ2) is 20.2. The van der Waals surface area contributed by atoms with E-state index in [4.69, 9.17) is 9.26 Å². The fourth-order valence-electron chi connectivity index (χ4n) is 6.48. The Labute approximate surface area is 309 Å². The maximum atomic E-state index is 12.5. The van der Waals surface area contributed by atoms with Crippen molar-refractivity contribution >= 4 is 25.7 Å². The molecule has 0 saturated carbocycles. The van der Waals surface area contributed by atoms with Crippen LogP contribution in [0.1, 0.15) is 109 Å². The molecule has 0 bridgehead atoms. The number of rotatable bonds is 19. The van der Waals surface area contributed by atoms with Crippen LogP contribution in [-0.2, 0) is 17.7 Å². The first-order valence-electron chi connectivity index (χ1n) is 19.7. The van der Waals surface area contributed by atoms with Crippen LogP contribution in [0.5, 0.6) is 5.75 Å². The first-order valence-corrected chi connectivity index (χ1v) is 22.6. The summed E-state index contributed by atoms with van der Waals surface area (Å²) in [6.07, 6.45) is 12.4. The van der Waals surface area contributed by atoms with E-state index in [9.17, 15) is 9.90 Å². The van der Waals surface area contributed by atoms with Crippen molar-refractivity contribution in [3.05, 3.63) is 59.2 Å². The monoisotopic (exact) mass is 721 g/mol. The van der Waals surface area contributed by atoms with Crippen molar-refractivity contribution in [2.24, 2.45) is 5.16 Å². The minimum absolute atomic E-state index is 0.0846. The summed E-state index contributed by atoms with van der Waals surface area (Å²) >= 11 is 0. The van der Waals surface area contributed by atoms with E-state index in [-0.39, 0.29) is 17.7 Å². The number of aliphatic hydroxyl groups excluding tert-OH is 1. The lowest BCUT2D eigenvalue weighted by molar-refractivity contribution is 0.0402. The summed E-state index contributed by atoms with van der Waals surface area (Å²) in [6, 6.07) is 15.3. The highest BCUT2D eigenvalue weighted by Crippen LogP contribution is 2.40. The fourth-order valence-corrected chi connectivity index (χ4v) is 7.53. The van der Waals surface area contributed by atoms with Crippen LogP contribution in [0.2, 0.25) is 18.1 Å². The van der Waals surface area contributed by atoms with Crippen LogP contribution in [-0.4, -0.2) is 81.5 Å². The molecular formula is C41H67N5O4Si. The van der Waals surface area contributed by atoms with Crippen molar-refractivity contribution in [1.29, 1.82) is 0 Å². The Bertz CT molecular complexity index is 1370. The first-order chi connectivity index (χ1) is 24.5. The summed E-state index contributed by atoms with van der Waals surface area (Å²) < 4.78 is 6.69. The molecule has 1 aliphatic carbocycles. The molecule has 2 aromatic carbocycles. The van der Waals surface area contributed by atoms with Gasteiger partial charge < -0.3 is 35.2 Å². The van der Waals surface area contributed by atoms with Gasteiger partial charge in [-0.25, -0.2) is 4.79 Å². The number of piperidine rings is 1. The SMILES string of the molecule is CCCCCCCCNC(=O)N1CCC(Nc2ccc(CCNC[C@H](O)CO/N=C3/CCCc4c(O[Si](C)(C)C(C)(C)C)cccc43)cc2)CC1. The molecule has 1 aliphatic heterocycles. The third-order valence-corrected chi connectivity index (χ3v) is 15.1. The number of benzene rings is 2. The van der Waals surface area contributed by atoms with Crippen LogP contribution in [0.15, 0.2) is 47.6 Å². The molecule has 0 unspecified atom stereocenters. The summed E-state index contributed by atoms with van der Waals surface area (Å²) in [5, 5.41) is 25.3. The largest absolute Gasteiger partial charge is 0.543 e. The van der Waals surface area contributed by atoms with Crippen LogP contribution in [0.3, 0.4) is 0 Å². The predicted molar refractivity (Wildman–Crippen MR) is 214 cm³/mol. The van der Waals surface area contributed by atoms with Crippen molar-refractivity contribution in [3.8, 4) is 5.75 Å².